The van der Waals surface area contributed by atoms with E-state index in [4.69, 9.17) is 19.9 Å². The highest BCUT2D eigenvalue weighted by Gasteiger charge is 2.20. The van der Waals surface area contributed by atoms with E-state index in [1.807, 2.05) is 12.1 Å². The van der Waals surface area contributed by atoms with Crippen molar-refractivity contribution in [3.8, 4) is 0 Å². The molecule has 1 aromatic carbocycles. The molecule has 0 bridgehead atoms. The van der Waals surface area contributed by atoms with Crippen molar-refractivity contribution in [1.29, 1.82) is 0 Å². The van der Waals surface area contributed by atoms with Crippen LogP contribution in [0.2, 0.25) is 0 Å². The number of hydrogen-bond acceptors (Lipinski definition) is 5. The number of amides is 2. The first kappa shape index (κ1) is 26.4. The Morgan fingerprint density at radius 2 is 1.77 bits per heavy atom. The van der Waals surface area contributed by atoms with Gasteiger partial charge in [0, 0.05) is 18.4 Å². The molecule has 0 aliphatic carbocycles. The number of carbonyl (C=O) groups excluding carboxylic acids is 2. The second-order valence-electron chi connectivity index (χ2n) is 8.08. The molecule has 3 N–H and O–H groups in total. The fourth-order valence-electron chi connectivity index (χ4n) is 2.64. The number of halogens is 1. The lowest BCUT2D eigenvalue weighted by molar-refractivity contribution is -0.118. The van der Waals surface area contributed by atoms with Crippen molar-refractivity contribution in [3.05, 3.63) is 35.4 Å². The molecule has 1 aromatic rings. The number of nitrogens with one attached hydrogen (secondary N) is 1. The molecule has 0 aliphatic rings. The van der Waals surface area contributed by atoms with Crippen LogP contribution in [0.5, 0.6) is 0 Å². The topological polar surface area (TPSA) is 99.9 Å². The molecule has 0 fully saturated rings. The second kappa shape index (κ2) is 14.4. The van der Waals surface area contributed by atoms with Gasteiger partial charge in [0.2, 0.25) is 5.91 Å². The Hall–Kier alpha value is -1.64. The molecule has 8 heteroatoms. The van der Waals surface area contributed by atoms with Crippen LogP contribution in [0.3, 0.4) is 0 Å². The quantitative estimate of drug-likeness (QED) is 0.308. The number of alkyl carbamates (subject to hydrolysis) is 1. The summed E-state index contributed by atoms with van der Waals surface area (Å²) in [7, 11) is 0. The van der Waals surface area contributed by atoms with E-state index in [0.29, 0.717) is 13.0 Å². The number of hydrogen-bond donors (Lipinski definition) is 2. The first-order valence-electron chi connectivity index (χ1n) is 10.3. The fourth-order valence-corrected chi connectivity index (χ4v) is 2.87. The van der Waals surface area contributed by atoms with Crippen LogP contribution in [0.15, 0.2) is 24.3 Å². The predicted octanol–water partition coefficient (Wildman–Crippen LogP) is 3.71. The molecule has 0 spiro atoms. The monoisotopic (exact) mass is 486 g/mol. The first-order chi connectivity index (χ1) is 14.2. The molecule has 1 atom stereocenters. The number of carbonyl (C=O) groups is 2. The summed E-state index contributed by atoms with van der Waals surface area (Å²) in [5, 5.41) is 3.61. The van der Waals surface area contributed by atoms with E-state index in [9.17, 15) is 9.59 Å². The summed E-state index contributed by atoms with van der Waals surface area (Å²) in [6.07, 6.45) is 1.98. The molecule has 1 unspecified atom stereocenters. The van der Waals surface area contributed by atoms with E-state index >= 15 is 0 Å². The molecule has 7 nitrogen and oxygen atoms in total. The number of rotatable bonds is 14. The summed E-state index contributed by atoms with van der Waals surface area (Å²) >= 11 is 3.34. The van der Waals surface area contributed by atoms with Crippen LogP contribution in [-0.4, -0.2) is 48.8 Å². The van der Waals surface area contributed by atoms with E-state index in [0.717, 1.165) is 36.9 Å². The minimum atomic E-state index is -0.596. The summed E-state index contributed by atoms with van der Waals surface area (Å²) in [6.45, 7) is 7.55. The van der Waals surface area contributed by atoms with Crippen molar-refractivity contribution in [2.45, 2.75) is 64.7 Å². The van der Waals surface area contributed by atoms with Crippen molar-refractivity contribution in [2.24, 2.45) is 5.73 Å². The molecule has 0 radical (unpaired) electrons. The molecule has 0 aliphatic heterocycles. The molecule has 0 saturated heterocycles. The van der Waals surface area contributed by atoms with Crippen LogP contribution in [0, 0.1) is 0 Å². The predicted molar refractivity (Wildman–Crippen MR) is 121 cm³/mol. The third kappa shape index (κ3) is 13.6. The Morgan fingerprint density at radius 1 is 1.10 bits per heavy atom. The van der Waals surface area contributed by atoms with Gasteiger partial charge in [0.25, 0.3) is 0 Å². The summed E-state index contributed by atoms with van der Waals surface area (Å²) in [5.74, 6) is -0.417. The average molecular weight is 487 g/mol. The van der Waals surface area contributed by atoms with E-state index in [-0.39, 0.29) is 19.1 Å². The molecule has 0 aromatic heterocycles. The van der Waals surface area contributed by atoms with Crippen molar-refractivity contribution in [1.82, 2.24) is 5.32 Å². The summed E-state index contributed by atoms with van der Waals surface area (Å²) in [5.41, 5.74) is 6.93. The highest BCUT2D eigenvalue weighted by Crippen LogP contribution is 2.10. The average Bonchev–Trinajstić information content (AvgIpc) is 2.65. The van der Waals surface area contributed by atoms with Crippen LogP contribution < -0.4 is 11.1 Å². The third-order valence-corrected chi connectivity index (χ3v) is 4.37. The zero-order valence-electron chi connectivity index (χ0n) is 18.2. The Morgan fingerprint density at radius 3 is 2.37 bits per heavy atom. The SMILES string of the molecule is CC(C)(C)OC(=O)NC(CCC(N)=O)COCc1ccc(CCCOCCBr)cc1. The number of benzene rings is 1. The van der Waals surface area contributed by atoms with Crippen molar-refractivity contribution < 1.29 is 23.8 Å². The zero-order chi connectivity index (χ0) is 22.4. The molecule has 0 saturated carbocycles. The van der Waals surface area contributed by atoms with Gasteiger partial charge in [0.1, 0.15) is 5.60 Å². The van der Waals surface area contributed by atoms with E-state index in [1.165, 1.54) is 5.56 Å². The van der Waals surface area contributed by atoms with E-state index < -0.39 is 17.6 Å². The maximum atomic E-state index is 12.0. The number of primary amides is 1. The van der Waals surface area contributed by atoms with Crippen molar-refractivity contribution in [3.63, 3.8) is 0 Å². The Bertz CT molecular complexity index is 631. The molecule has 0 heterocycles. The zero-order valence-corrected chi connectivity index (χ0v) is 19.8. The molecule has 30 heavy (non-hydrogen) atoms. The highest BCUT2D eigenvalue weighted by atomic mass is 79.9. The van der Waals surface area contributed by atoms with Crippen LogP contribution in [0.1, 0.15) is 51.2 Å². The largest absolute Gasteiger partial charge is 0.444 e. The number of alkyl halides is 1. The van der Waals surface area contributed by atoms with Gasteiger partial charge in [-0.15, -0.1) is 0 Å². The Kier molecular flexibility index (Phi) is 12.7. The van der Waals surface area contributed by atoms with Gasteiger partial charge in [-0.1, -0.05) is 40.2 Å². The van der Waals surface area contributed by atoms with Gasteiger partial charge < -0.3 is 25.3 Å². The van der Waals surface area contributed by atoms with Crippen molar-refractivity contribution in [2.75, 3.05) is 25.2 Å². The van der Waals surface area contributed by atoms with Gasteiger partial charge in [0.05, 0.1) is 25.9 Å². The summed E-state index contributed by atoms with van der Waals surface area (Å²) < 4.78 is 16.5. The molecular formula is C22H35BrN2O5. The fraction of sp³-hybridized carbons (Fsp3) is 0.636. The van der Waals surface area contributed by atoms with E-state index in [2.05, 4.69) is 33.4 Å². The molecular weight excluding hydrogens is 452 g/mol. The Balaban J connectivity index is 2.43. The third-order valence-electron chi connectivity index (χ3n) is 4.05. The maximum Gasteiger partial charge on any atom is 0.407 e. The van der Waals surface area contributed by atoms with Crippen molar-refractivity contribution >= 4 is 27.9 Å². The summed E-state index contributed by atoms with van der Waals surface area (Å²) in [4.78, 5) is 23.1. The molecule has 1 rings (SSSR count). The first-order valence-corrected chi connectivity index (χ1v) is 11.4. The van der Waals surface area contributed by atoms with Crippen LogP contribution in [0.4, 0.5) is 4.79 Å². The number of nitrogens with two attached hydrogens (primary N) is 1. The van der Waals surface area contributed by atoms with Gasteiger partial charge in [-0.05, 0) is 51.2 Å². The Labute approximate surface area is 188 Å². The normalized spacial score (nSPS) is 12.4. The summed E-state index contributed by atoms with van der Waals surface area (Å²) in [6, 6.07) is 7.90. The van der Waals surface area contributed by atoms with Crippen LogP contribution >= 0.6 is 15.9 Å². The number of ether oxygens (including phenoxy) is 3. The van der Waals surface area contributed by atoms with Gasteiger partial charge >= 0.3 is 6.09 Å². The second-order valence-corrected chi connectivity index (χ2v) is 8.88. The van der Waals surface area contributed by atoms with Gasteiger partial charge in [-0.25, -0.2) is 4.79 Å². The minimum Gasteiger partial charge on any atom is -0.444 e. The van der Waals surface area contributed by atoms with Gasteiger partial charge in [0.15, 0.2) is 0 Å². The smallest absolute Gasteiger partial charge is 0.407 e. The van der Waals surface area contributed by atoms with Crippen LogP contribution in [0.25, 0.3) is 0 Å². The standard InChI is InChI=1S/C22H35BrN2O5/c1-22(2,3)30-21(27)25-19(10-11-20(24)26)16-29-15-18-8-6-17(7-9-18)5-4-13-28-14-12-23/h6-9,19H,4-5,10-16H2,1-3H3,(H2,24,26)(H,25,27). The van der Waals surface area contributed by atoms with Gasteiger partial charge in [-0.2, -0.15) is 0 Å². The minimum absolute atomic E-state index is 0.165. The highest BCUT2D eigenvalue weighted by molar-refractivity contribution is 9.09. The lowest BCUT2D eigenvalue weighted by Crippen LogP contribution is -2.42. The lowest BCUT2D eigenvalue weighted by Gasteiger charge is -2.23. The van der Waals surface area contributed by atoms with E-state index in [1.54, 1.807) is 20.8 Å². The molecule has 170 valence electrons. The molecule has 2 amide bonds. The maximum absolute atomic E-state index is 12.0. The van der Waals surface area contributed by atoms with Crippen LogP contribution in [-0.2, 0) is 32.0 Å². The van der Waals surface area contributed by atoms with Gasteiger partial charge in [-0.3, -0.25) is 4.79 Å². The lowest BCUT2D eigenvalue weighted by atomic mass is 10.1. The number of aryl methyl sites for hydroxylation is 1.